The molecule has 0 aliphatic carbocycles. The molecule has 4 heterocycles. The van der Waals surface area contributed by atoms with Gasteiger partial charge in [0.05, 0.1) is 54.4 Å². The first-order chi connectivity index (χ1) is 28.3. The third-order valence-corrected chi connectivity index (χ3v) is 11.5. The lowest BCUT2D eigenvalue weighted by Gasteiger charge is -2.38. The van der Waals surface area contributed by atoms with Crippen molar-refractivity contribution in [1.82, 2.24) is 10.4 Å². The van der Waals surface area contributed by atoms with Crippen LogP contribution in [-0.2, 0) is 33.3 Å². The number of anilines is 1. The van der Waals surface area contributed by atoms with Crippen LogP contribution in [0.3, 0.4) is 0 Å². The maximum atomic E-state index is 14.5. The molecule has 1 saturated heterocycles. The average molecular weight is 840 g/mol. The topological polar surface area (TPSA) is 232 Å². The largest absolute Gasteiger partial charge is 0.507 e. The van der Waals surface area contributed by atoms with Gasteiger partial charge < -0.3 is 54.2 Å². The zero-order valence-electron chi connectivity index (χ0n) is 35.4. The number of benzene rings is 2. The molecular formula is C43H57N3O14. The van der Waals surface area contributed by atoms with Crippen LogP contribution in [0.1, 0.15) is 64.4 Å². The molecule has 4 aliphatic heterocycles. The number of esters is 1. The Kier molecular flexibility index (Phi) is 14.5. The number of rotatable bonds is 6. The van der Waals surface area contributed by atoms with Gasteiger partial charge in [0.15, 0.2) is 12.4 Å². The number of amides is 2. The Labute approximate surface area is 348 Å². The Morgan fingerprint density at radius 2 is 1.67 bits per heavy atom. The van der Waals surface area contributed by atoms with Crippen molar-refractivity contribution in [2.75, 3.05) is 45.3 Å². The first kappa shape index (κ1) is 45.9. The quantitative estimate of drug-likeness (QED) is 0.180. The van der Waals surface area contributed by atoms with E-state index in [2.05, 4.69) is 10.7 Å². The summed E-state index contributed by atoms with van der Waals surface area (Å²) in [5, 5.41) is 50.1. The molecule has 4 aliphatic rings. The number of hydrazine groups is 1. The Balaban J connectivity index is 1.64. The number of ketones is 1. The SMILES string of the molecule is CO[C@H]1/C=C/O[C@@]2(C)Oc3c(C)c(O)c4c(O)c(cc(OCC(=O)NN5CCOCC5)c4c3C2=O)NC(=O)/C(C)=C\C=C\[C@@H](C)[C@@H](O)[C@@H](C)[C@H](O)[C@@H](C)[C@H](OC(C)=O)[C@@H]1C. The van der Waals surface area contributed by atoms with Crippen LogP contribution in [0.25, 0.3) is 10.8 Å². The van der Waals surface area contributed by atoms with Crippen LogP contribution in [0.5, 0.6) is 23.0 Å². The van der Waals surface area contributed by atoms with Crippen molar-refractivity contribution >= 4 is 40.0 Å². The van der Waals surface area contributed by atoms with Gasteiger partial charge in [-0.2, -0.15) is 0 Å². The summed E-state index contributed by atoms with van der Waals surface area (Å²) in [5.74, 6) is -8.35. The van der Waals surface area contributed by atoms with E-state index >= 15 is 0 Å². The number of morpholine rings is 1. The number of nitrogens with zero attached hydrogens (tertiary/aromatic N) is 1. The van der Waals surface area contributed by atoms with Gasteiger partial charge in [-0.15, -0.1) is 0 Å². The van der Waals surface area contributed by atoms with Crippen LogP contribution in [0.2, 0.25) is 0 Å². The maximum Gasteiger partial charge on any atom is 0.312 e. The Morgan fingerprint density at radius 3 is 2.32 bits per heavy atom. The normalized spacial score (nSPS) is 31.4. The lowest BCUT2D eigenvalue weighted by molar-refractivity contribution is -0.160. The van der Waals surface area contributed by atoms with Crippen molar-refractivity contribution in [3.8, 4) is 23.0 Å². The maximum absolute atomic E-state index is 14.5. The minimum Gasteiger partial charge on any atom is -0.507 e. The number of hydrogen-bond donors (Lipinski definition) is 6. The molecule has 2 amide bonds. The highest BCUT2D eigenvalue weighted by Crippen LogP contribution is 2.54. The molecule has 60 heavy (non-hydrogen) atoms. The summed E-state index contributed by atoms with van der Waals surface area (Å²) in [6.07, 6.45) is 3.54. The number of phenolic OH excluding ortho intramolecular Hbond substituents is 2. The third kappa shape index (κ3) is 9.55. The molecule has 2 aromatic rings. The number of carbonyl (C=O) groups excluding carboxylic acids is 4. The van der Waals surface area contributed by atoms with Gasteiger partial charge in [-0.3, -0.25) is 24.6 Å². The van der Waals surface area contributed by atoms with Gasteiger partial charge in [-0.25, -0.2) is 5.01 Å². The molecule has 0 saturated carbocycles. The van der Waals surface area contributed by atoms with Crippen molar-refractivity contribution in [2.24, 2.45) is 23.7 Å². The lowest BCUT2D eigenvalue weighted by Crippen LogP contribution is -2.49. The molecule has 17 heteroatoms. The predicted molar refractivity (Wildman–Crippen MR) is 218 cm³/mol. The summed E-state index contributed by atoms with van der Waals surface area (Å²) in [7, 11) is 1.43. The fourth-order valence-electron chi connectivity index (χ4n) is 7.78. The zero-order chi connectivity index (χ0) is 44.2. The number of nitrogens with one attached hydrogen (secondary N) is 2. The molecular weight excluding hydrogens is 782 g/mol. The van der Waals surface area contributed by atoms with Crippen LogP contribution < -0.4 is 20.2 Å². The molecule has 9 atom stereocenters. The van der Waals surface area contributed by atoms with Gasteiger partial charge >= 0.3 is 11.8 Å². The van der Waals surface area contributed by atoms with E-state index in [-0.39, 0.29) is 44.7 Å². The van der Waals surface area contributed by atoms with E-state index in [1.165, 1.54) is 59.3 Å². The molecule has 0 radical (unpaired) electrons. The van der Waals surface area contributed by atoms with Crippen LogP contribution in [0, 0.1) is 30.6 Å². The third-order valence-electron chi connectivity index (χ3n) is 11.5. The standard InChI is InChI=1S/C43H57N3O14/c1-21-11-10-12-22(2)42(54)44-28-19-30(57-20-31(48)45-46-14-17-56-18-15-46)32-33(38(28)52)37(51)26(6)40-34(32)41(53)43(8,60-40)58-16-13-29(55-9)23(3)39(59-27(7)47)25(5)36(50)24(4)35(21)49/h10-13,16,19,21,23-25,29,35-36,39,49-52H,14-15,17-18,20H2,1-9H3,(H,44,54)(H,45,48)/b11-10+,16-13+,22-12-/t21-,23-,24-,25-,29+,35-,36+,39-,43+/m1/s1. The number of allylic oxidation sites excluding steroid dienone is 2. The number of aliphatic hydroxyl groups is 2. The van der Waals surface area contributed by atoms with E-state index in [1.54, 1.807) is 44.9 Å². The Bertz CT molecular complexity index is 2060. The number of methoxy groups -OCH3 is 1. The second-order valence-corrected chi connectivity index (χ2v) is 15.8. The summed E-state index contributed by atoms with van der Waals surface area (Å²) < 4.78 is 35.0. The second kappa shape index (κ2) is 19.0. The van der Waals surface area contributed by atoms with Crippen molar-refractivity contribution < 1.29 is 68.0 Å². The number of aliphatic hydroxyl groups excluding tert-OH is 2. The van der Waals surface area contributed by atoms with E-state index in [9.17, 15) is 39.6 Å². The molecule has 5 bridgehead atoms. The zero-order valence-corrected chi connectivity index (χ0v) is 35.4. The van der Waals surface area contributed by atoms with Gasteiger partial charge in [0.2, 0.25) is 0 Å². The number of phenols is 2. The van der Waals surface area contributed by atoms with E-state index in [0.717, 1.165) is 0 Å². The number of fused-ring (bicyclic) bond motifs is 14. The summed E-state index contributed by atoms with van der Waals surface area (Å²) in [4.78, 5) is 53.5. The molecule has 0 unspecified atom stereocenters. The number of Topliss-reactive ketones (excluding diaryl/α,β-unsaturated/α-hetero) is 1. The van der Waals surface area contributed by atoms with Gasteiger partial charge in [0.1, 0.15) is 23.4 Å². The summed E-state index contributed by atoms with van der Waals surface area (Å²) in [6.45, 7) is 13.7. The van der Waals surface area contributed by atoms with Crippen LogP contribution in [0.15, 0.2) is 42.2 Å². The van der Waals surface area contributed by atoms with Crippen LogP contribution in [-0.4, -0.2) is 119 Å². The van der Waals surface area contributed by atoms with Gasteiger partial charge in [-0.1, -0.05) is 45.9 Å². The average Bonchev–Trinajstić information content (AvgIpc) is 3.48. The minimum absolute atomic E-state index is 0.0642. The van der Waals surface area contributed by atoms with Gasteiger partial charge in [0, 0.05) is 80.3 Å². The molecule has 1 fully saturated rings. The summed E-state index contributed by atoms with van der Waals surface area (Å²) >= 11 is 0. The highest BCUT2D eigenvalue weighted by Gasteiger charge is 2.49. The number of aromatic hydroxyl groups is 2. The Morgan fingerprint density at radius 1 is 0.983 bits per heavy atom. The molecule has 6 rings (SSSR count). The van der Waals surface area contributed by atoms with E-state index in [1.807, 2.05) is 0 Å². The molecule has 2 aromatic carbocycles. The van der Waals surface area contributed by atoms with Crippen molar-refractivity contribution in [2.45, 2.75) is 85.6 Å². The molecule has 328 valence electrons. The summed E-state index contributed by atoms with van der Waals surface area (Å²) in [5.41, 5.74) is 2.67. The number of carbonyl (C=O) groups is 4. The monoisotopic (exact) mass is 839 g/mol. The highest BCUT2D eigenvalue weighted by atomic mass is 16.7. The molecule has 6 N–H and O–H groups in total. The first-order valence-electron chi connectivity index (χ1n) is 19.9. The lowest BCUT2D eigenvalue weighted by atomic mass is 9.78. The predicted octanol–water partition coefficient (Wildman–Crippen LogP) is 3.79. The summed E-state index contributed by atoms with van der Waals surface area (Å²) in [6, 6.07) is 1.24. The number of hydrogen-bond acceptors (Lipinski definition) is 15. The van der Waals surface area contributed by atoms with Crippen molar-refractivity contribution in [3.63, 3.8) is 0 Å². The van der Waals surface area contributed by atoms with E-state index in [4.69, 9.17) is 28.4 Å². The molecule has 17 nitrogen and oxygen atoms in total. The minimum atomic E-state index is -2.04. The fourth-order valence-corrected chi connectivity index (χ4v) is 7.78. The van der Waals surface area contributed by atoms with E-state index < -0.39 is 95.5 Å². The van der Waals surface area contributed by atoms with Crippen molar-refractivity contribution in [3.05, 3.63) is 53.3 Å². The molecule has 0 aromatic heterocycles. The van der Waals surface area contributed by atoms with Gasteiger partial charge in [-0.05, 0) is 19.9 Å². The second-order valence-electron chi connectivity index (χ2n) is 15.8. The fraction of sp³-hybridized carbons (Fsp3) is 0.535. The smallest absolute Gasteiger partial charge is 0.312 e. The number of ether oxygens (including phenoxy) is 6. The molecule has 0 spiro atoms. The van der Waals surface area contributed by atoms with Crippen molar-refractivity contribution in [1.29, 1.82) is 0 Å². The Hall–Kier alpha value is -5.20. The van der Waals surface area contributed by atoms with Crippen LogP contribution in [0.4, 0.5) is 5.69 Å². The van der Waals surface area contributed by atoms with Gasteiger partial charge in [0.25, 0.3) is 17.6 Å². The van der Waals surface area contributed by atoms with Crippen LogP contribution >= 0.6 is 0 Å². The van der Waals surface area contributed by atoms with E-state index in [0.29, 0.717) is 26.3 Å². The highest BCUT2D eigenvalue weighted by molar-refractivity contribution is 6.21. The first-order valence-corrected chi connectivity index (χ1v) is 19.9.